The molecule has 72 valence electrons. The van der Waals surface area contributed by atoms with Crippen molar-refractivity contribution in [3.63, 3.8) is 0 Å². The molecule has 0 unspecified atom stereocenters. The molecular weight excluding hydrogens is 180 g/mol. The molecular formula is C10H10N2O2. The molecule has 14 heavy (non-hydrogen) atoms. The molecule has 0 aliphatic carbocycles. The van der Waals surface area contributed by atoms with E-state index in [-0.39, 0.29) is 5.71 Å². The zero-order chi connectivity index (χ0) is 10.6. The highest BCUT2D eigenvalue weighted by Crippen LogP contribution is 2.10. The van der Waals surface area contributed by atoms with Crippen molar-refractivity contribution in [1.29, 1.82) is 0 Å². The van der Waals surface area contributed by atoms with Gasteiger partial charge in [-0.2, -0.15) is 0 Å². The Labute approximate surface area is 81.9 Å². The molecule has 4 heteroatoms. The molecule has 0 atom stereocenters. The Balaban J connectivity index is 3.17. The minimum atomic E-state index is 0.0445. The Kier molecular flexibility index (Phi) is 3.08. The smallest absolute Gasteiger partial charge is 0.361 e. The van der Waals surface area contributed by atoms with E-state index in [2.05, 4.69) is 16.2 Å². The first-order chi connectivity index (χ1) is 6.69. The van der Waals surface area contributed by atoms with Gasteiger partial charge in [-0.1, -0.05) is 17.3 Å². The van der Waals surface area contributed by atoms with Crippen LogP contribution in [0.4, 0.5) is 0 Å². The van der Waals surface area contributed by atoms with Crippen molar-refractivity contribution in [2.75, 3.05) is 0 Å². The number of hydrogen-bond acceptors (Lipinski definition) is 3. The van der Waals surface area contributed by atoms with E-state index in [4.69, 9.17) is 5.21 Å². The van der Waals surface area contributed by atoms with Crippen molar-refractivity contribution in [3.8, 4) is 6.07 Å². The molecule has 0 amide bonds. The number of aryl methyl sites for hydroxylation is 2. The maximum atomic E-state index is 9.95. The number of nitrogens with zero attached hydrogens (tertiary/aromatic N) is 2. The Bertz CT molecular complexity index is 427. The van der Waals surface area contributed by atoms with Crippen LogP contribution in [-0.4, -0.2) is 10.9 Å². The fraction of sp³-hybridized carbons (Fsp3) is 0.200. The summed E-state index contributed by atoms with van der Waals surface area (Å²) in [5, 5.41) is 23.9. The van der Waals surface area contributed by atoms with Gasteiger partial charge in [-0.15, -0.1) is 0 Å². The summed E-state index contributed by atoms with van der Waals surface area (Å²) in [5.74, 6) is 0. The molecule has 0 spiro atoms. The number of hydrogen-bond donors (Lipinski definition) is 1. The van der Waals surface area contributed by atoms with E-state index in [0.717, 1.165) is 11.1 Å². The van der Waals surface area contributed by atoms with E-state index in [0.29, 0.717) is 5.56 Å². The van der Waals surface area contributed by atoms with Gasteiger partial charge in [0.1, 0.15) is 0 Å². The van der Waals surface area contributed by atoms with E-state index in [1.807, 2.05) is 26.0 Å². The van der Waals surface area contributed by atoms with Crippen LogP contribution in [0, 0.1) is 25.1 Å². The lowest BCUT2D eigenvalue weighted by Gasteiger charge is -2.00. The molecule has 1 rings (SSSR count). The van der Waals surface area contributed by atoms with Gasteiger partial charge in [-0.3, -0.25) is 0 Å². The van der Waals surface area contributed by atoms with Crippen LogP contribution in [0.5, 0.6) is 0 Å². The molecule has 0 radical (unpaired) electrons. The lowest BCUT2D eigenvalue weighted by molar-refractivity contribution is 0.320. The third kappa shape index (κ3) is 2.02. The Hall–Kier alpha value is -2.02. The molecule has 0 aromatic heterocycles. The van der Waals surface area contributed by atoms with Crippen molar-refractivity contribution in [2.45, 2.75) is 13.8 Å². The highest BCUT2D eigenvalue weighted by molar-refractivity contribution is 6.12. The zero-order valence-corrected chi connectivity index (χ0v) is 7.98. The van der Waals surface area contributed by atoms with Crippen molar-refractivity contribution >= 4 is 5.71 Å². The van der Waals surface area contributed by atoms with Gasteiger partial charge >= 0.3 is 6.07 Å². The first-order valence-electron chi connectivity index (χ1n) is 4.07. The van der Waals surface area contributed by atoms with Crippen LogP contribution in [0.25, 0.3) is 5.01 Å². The standard InChI is InChI=1S/C10H10N2O2/c1-7-3-4-9(5-8(7)2)10(12-14)6-11-13/h3-5,14H,1-2H3. The Morgan fingerprint density at radius 3 is 2.64 bits per heavy atom. The minimum Gasteiger partial charge on any atom is -0.498 e. The third-order valence-electron chi connectivity index (χ3n) is 2.03. The normalized spacial score (nSPS) is 10.6. The SMILES string of the molecule is Cc1ccc(C(C#[N+][O-])=NO)cc1C. The van der Waals surface area contributed by atoms with Crippen LogP contribution < -0.4 is 0 Å². The van der Waals surface area contributed by atoms with Gasteiger partial charge in [-0.25, -0.2) is 0 Å². The van der Waals surface area contributed by atoms with Crippen LogP contribution >= 0.6 is 0 Å². The Morgan fingerprint density at radius 2 is 2.14 bits per heavy atom. The lowest BCUT2D eigenvalue weighted by atomic mass is 10.0. The summed E-state index contributed by atoms with van der Waals surface area (Å²) in [6.45, 7) is 3.91. The largest absolute Gasteiger partial charge is 0.498 e. The molecule has 0 saturated carbocycles. The van der Waals surface area contributed by atoms with E-state index in [1.165, 1.54) is 0 Å². The molecule has 0 bridgehead atoms. The monoisotopic (exact) mass is 190 g/mol. The van der Waals surface area contributed by atoms with Gasteiger partial charge in [0.25, 0.3) is 0 Å². The average molecular weight is 190 g/mol. The van der Waals surface area contributed by atoms with E-state index < -0.39 is 0 Å². The van der Waals surface area contributed by atoms with E-state index in [9.17, 15) is 5.21 Å². The molecule has 1 aromatic rings. The lowest BCUT2D eigenvalue weighted by Crippen LogP contribution is -1.98. The average Bonchev–Trinajstić information content (AvgIpc) is 2.19. The summed E-state index contributed by atoms with van der Waals surface area (Å²) in [4.78, 5) is 0. The van der Waals surface area contributed by atoms with E-state index >= 15 is 0 Å². The van der Waals surface area contributed by atoms with Crippen LogP contribution in [0.3, 0.4) is 0 Å². The number of rotatable bonds is 1. The fourth-order valence-corrected chi connectivity index (χ4v) is 1.08. The molecule has 1 N–H and O–H groups in total. The highest BCUT2D eigenvalue weighted by atomic mass is 16.4. The van der Waals surface area contributed by atoms with Crippen LogP contribution in [0.15, 0.2) is 23.4 Å². The first kappa shape index (κ1) is 10.1. The molecule has 4 nitrogen and oxygen atoms in total. The number of oxime groups is 1. The second-order valence-corrected chi connectivity index (χ2v) is 2.95. The minimum absolute atomic E-state index is 0.0445. The van der Waals surface area contributed by atoms with Crippen molar-refractivity contribution < 1.29 is 5.21 Å². The maximum Gasteiger partial charge on any atom is 0.361 e. The first-order valence-corrected chi connectivity index (χ1v) is 4.07. The molecule has 0 fully saturated rings. The number of benzene rings is 1. The summed E-state index contributed by atoms with van der Waals surface area (Å²) in [7, 11) is 0. The summed E-state index contributed by atoms with van der Waals surface area (Å²) in [5.41, 5.74) is 2.85. The van der Waals surface area contributed by atoms with Crippen molar-refractivity contribution in [3.05, 3.63) is 45.1 Å². The fourth-order valence-electron chi connectivity index (χ4n) is 1.08. The second kappa shape index (κ2) is 4.28. The van der Waals surface area contributed by atoms with Gasteiger partial charge in [0.15, 0.2) is 0 Å². The van der Waals surface area contributed by atoms with Crippen molar-refractivity contribution in [2.24, 2.45) is 5.16 Å². The van der Waals surface area contributed by atoms with Crippen LogP contribution in [-0.2, 0) is 0 Å². The third-order valence-corrected chi connectivity index (χ3v) is 2.03. The molecule has 0 aliphatic heterocycles. The van der Waals surface area contributed by atoms with Gasteiger partial charge in [0.05, 0.1) is 0 Å². The van der Waals surface area contributed by atoms with Gasteiger partial charge in [0, 0.05) is 10.6 Å². The van der Waals surface area contributed by atoms with Crippen molar-refractivity contribution in [1.82, 2.24) is 0 Å². The molecule has 1 aromatic carbocycles. The zero-order valence-electron chi connectivity index (χ0n) is 7.98. The predicted molar refractivity (Wildman–Crippen MR) is 54.9 cm³/mol. The Morgan fingerprint density at radius 1 is 1.43 bits per heavy atom. The highest BCUT2D eigenvalue weighted by Gasteiger charge is 2.07. The second-order valence-electron chi connectivity index (χ2n) is 2.95. The van der Waals surface area contributed by atoms with Gasteiger partial charge in [0.2, 0.25) is 5.71 Å². The molecule has 0 saturated heterocycles. The predicted octanol–water partition coefficient (Wildman–Crippen LogP) is 2.31. The van der Waals surface area contributed by atoms with Crippen LogP contribution in [0.1, 0.15) is 16.7 Å². The molecule has 0 heterocycles. The maximum absolute atomic E-state index is 9.95. The van der Waals surface area contributed by atoms with Gasteiger partial charge < -0.3 is 10.4 Å². The van der Waals surface area contributed by atoms with E-state index in [1.54, 1.807) is 6.07 Å². The quantitative estimate of drug-likeness (QED) is 0.419. The summed E-state index contributed by atoms with van der Waals surface area (Å²) >= 11 is 0. The van der Waals surface area contributed by atoms with Gasteiger partial charge in [-0.05, 0) is 31.0 Å². The summed E-state index contributed by atoms with van der Waals surface area (Å²) in [6, 6.07) is 7.50. The topological polar surface area (TPSA) is 60.0 Å². The molecule has 0 aliphatic rings. The van der Waals surface area contributed by atoms with Crippen LogP contribution in [0.2, 0.25) is 0 Å². The summed E-state index contributed by atoms with van der Waals surface area (Å²) in [6.07, 6.45) is 0. The summed E-state index contributed by atoms with van der Waals surface area (Å²) < 4.78 is 0.